The Morgan fingerprint density at radius 3 is 2.53 bits per heavy atom. The van der Waals surface area contributed by atoms with Crippen LogP contribution in [0.5, 0.6) is 11.5 Å². The molecule has 1 saturated heterocycles. The van der Waals surface area contributed by atoms with Gasteiger partial charge in [-0.3, -0.25) is 9.79 Å². The second kappa shape index (κ2) is 11.2. The van der Waals surface area contributed by atoms with Crippen LogP contribution < -0.4 is 9.47 Å². The molecule has 1 heterocycles. The predicted octanol–water partition coefficient (Wildman–Crippen LogP) is 6.61. The van der Waals surface area contributed by atoms with Gasteiger partial charge in [0.15, 0.2) is 11.5 Å². The summed E-state index contributed by atoms with van der Waals surface area (Å²) in [6.07, 6.45) is 5.16. The molecule has 5 nitrogen and oxygen atoms in total. The van der Waals surface area contributed by atoms with Gasteiger partial charge in [-0.1, -0.05) is 29.8 Å². The van der Waals surface area contributed by atoms with Crippen LogP contribution in [-0.4, -0.2) is 37.2 Å². The minimum absolute atomic E-state index is 0.110. The van der Waals surface area contributed by atoms with Gasteiger partial charge >= 0.3 is 0 Å². The lowest BCUT2D eigenvalue weighted by atomic mass is 10.1. The number of carbonyl (C=O) groups is 1. The highest BCUT2D eigenvalue weighted by atomic mass is 35.5. The molecular formula is C28H29ClN2O3. The standard InChI is InChI=1S/C28H29ClN2O3/c1-20-24(29)7-6-8-25(20)30-18-22-11-14-26(27(17-22)33-2)34-19-21-9-12-23(13-10-21)28(32)31-15-4-3-5-16-31/h6-14,17-18H,3-5,15-16,19H2,1-2H3. The number of rotatable bonds is 7. The van der Waals surface area contributed by atoms with Crippen LogP contribution >= 0.6 is 11.6 Å². The molecule has 0 bridgehead atoms. The molecule has 1 amide bonds. The molecule has 1 fully saturated rings. The van der Waals surface area contributed by atoms with E-state index in [1.165, 1.54) is 6.42 Å². The number of ether oxygens (including phenoxy) is 2. The van der Waals surface area contributed by atoms with E-state index in [1.54, 1.807) is 13.3 Å². The normalized spacial score (nSPS) is 13.8. The second-order valence-electron chi connectivity index (χ2n) is 8.39. The van der Waals surface area contributed by atoms with E-state index in [4.69, 9.17) is 21.1 Å². The van der Waals surface area contributed by atoms with Crippen molar-refractivity contribution >= 4 is 29.4 Å². The fourth-order valence-electron chi connectivity index (χ4n) is 3.95. The summed E-state index contributed by atoms with van der Waals surface area (Å²) < 4.78 is 11.5. The number of likely N-dealkylation sites (tertiary alicyclic amines) is 1. The summed E-state index contributed by atoms with van der Waals surface area (Å²) in [6.45, 7) is 4.03. The highest BCUT2D eigenvalue weighted by molar-refractivity contribution is 6.31. The van der Waals surface area contributed by atoms with E-state index >= 15 is 0 Å². The second-order valence-corrected chi connectivity index (χ2v) is 8.80. The Bertz CT molecular complexity index is 1170. The van der Waals surface area contributed by atoms with Gasteiger partial charge in [-0.2, -0.15) is 0 Å². The van der Waals surface area contributed by atoms with Gasteiger partial charge in [0.1, 0.15) is 6.61 Å². The number of benzene rings is 3. The van der Waals surface area contributed by atoms with Crippen molar-refractivity contribution in [3.05, 3.63) is 87.9 Å². The first-order valence-electron chi connectivity index (χ1n) is 11.5. The number of nitrogens with zero attached hydrogens (tertiary/aromatic N) is 2. The molecule has 1 aliphatic heterocycles. The summed E-state index contributed by atoms with van der Waals surface area (Å²) >= 11 is 6.18. The fourth-order valence-corrected chi connectivity index (χ4v) is 4.12. The van der Waals surface area contributed by atoms with E-state index in [0.717, 1.165) is 53.9 Å². The quantitative estimate of drug-likeness (QED) is 0.360. The lowest BCUT2D eigenvalue weighted by Crippen LogP contribution is -2.35. The van der Waals surface area contributed by atoms with Crippen LogP contribution in [-0.2, 0) is 6.61 Å². The van der Waals surface area contributed by atoms with Crippen molar-refractivity contribution in [2.75, 3.05) is 20.2 Å². The molecule has 0 aromatic heterocycles. The van der Waals surface area contributed by atoms with E-state index in [1.807, 2.05) is 72.5 Å². The lowest BCUT2D eigenvalue weighted by molar-refractivity contribution is 0.0724. The number of carbonyl (C=O) groups excluding carboxylic acids is 1. The number of hydrogen-bond acceptors (Lipinski definition) is 4. The van der Waals surface area contributed by atoms with Crippen LogP contribution in [0.2, 0.25) is 5.02 Å². The van der Waals surface area contributed by atoms with Gasteiger partial charge in [0.25, 0.3) is 5.91 Å². The summed E-state index contributed by atoms with van der Waals surface area (Å²) in [6, 6.07) is 19.0. The maximum Gasteiger partial charge on any atom is 0.253 e. The Hall–Kier alpha value is -3.31. The first kappa shape index (κ1) is 23.8. The minimum Gasteiger partial charge on any atom is -0.493 e. The van der Waals surface area contributed by atoms with Gasteiger partial charge in [0, 0.05) is 29.9 Å². The SMILES string of the molecule is COc1cc(C=Nc2cccc(Cl)c2C)ccc1OCc1ccc(C(=O)N2CCCCC2)cc1. The van der Waals surface area contributed by atoms with Crippen LogP contribution in [0.4, 0.5) is 5.69 Å². The Balaban J connectivity index is 1.39. The minimum atomic E-state index is 0.110. The van der Waals surface area contributed by atoms with Gasteiger partial charge in [-0.25, -0.2) is 0 Å². The molecule has 0 unspecified atom stereocenters. The van der Waals surface area contributed by atoms with Crippen molar-refractivity contribution in [3.63, 3.8) is 0 Å². The van der Waals surface area contributed by atoms with E-state index in [2.05, 4.69) is 4.99 Å². The number of hydrogen-bond donors (Lipinski definition) is 0. The van der Waals surface area contributed by atoms with Gasteiger partial charge < -0.3 is 14.4 Å². The third-order valence-electron chi connectivity index (χ3n) is 6.02. The molecule has 6 heteroatoms. The molecule has 0 saturated carbocycles. The Morgan fingerprint density at radius 1 is 1.03 bits per heavy atom. The third kappa shape index (κ3) is 5.78. The topological polar surface area (TPSA) is 51.1 Å². The molecule has 0 atom stereocenters. The van der Waals surface area contributed by atoms with Crippen LogP contribution in [0, 0.1) is 6.92 Å². The zero-order valence-corrected chi connectivity index (χ0v) is 20.3. The van der Waals surface area contributed by atoms with Crippen LogP contribution in [0.15, 0.2) is 65.7 Å². The molecule has 0 spiro atoms. The highest BCUT2D eigenvalue weighted by Gasteiger charge is 2.18. The number of amides is 1. The largest absolute Gasteiger partial charge is 0.493 e. The monoisotopic (exact) mass is 476 g/mol. The number of aliphatic imine (C=N–C) groups is 1. The summed E-state index contributed by atoms with van der Waals surface area (Å²) in [5.41, 5.74) is 4.37. The van der Waals surface area contributed by atoms with Gasteiger partial charge in [0.05, 0.1) is 12.8 Å². The van der Waals surface area contributed by atoms with E-state index in [9.17, 15) is 4.79 Å². The third-order valence-corrected chi connectivity index (χ3v) is 6.43. The van der Waals surface area contributed by atoms with Crippen molar-refractivity contribution in [1.82, 2.24) is 4.90 Å². The van der Waals surface area contributed by atoms with Crippen molar-refractivity contribution in [2.24, 2.45) is 4.99 Å². The molecule has 34 heavy (non-hydrogen) atoms. The van der Waals surface area contributed by atoms with Gasteiger partial charge in [-0.05, 0) is 85.3 Å². The van der Waals surface area contributed by atoms with Gasteiger partial charge in [0.2, 0.25) is 0 Å². The summed E-state index contributed by atoms with van der Waals surface area (Å²) in [4.78, 5) is 19.1. The maximum atomic E-state index is 12.6. The first-order chi connectivity index (χ1) is 16.5. The number of halogens is 1. The predicted molar refractivity (Wildman–Crippen MR) is 137 cm³/mol. The van der Waals surface area contributed by atoms with E-state index in [0.29, 0.717) is 23.1 Å². The van der Waals surface area contributed by atoms with Crippen LogP contribution in [0.1, 0.15) is 46.3 Å². The Kier molecular flexibility index (Phi) is 7.86. The zero-order valence-electron chi connectivity index (χ0n) is 19.6. The molecule has 3 aromatic rings. The Morgan fingerprint density at radius 2 is 1.79 bits per heavy atom. The average molecular weight is 477 g/mol. The highest BCUT2D eigenvalue weighted by Crippen LogP contribution is 2.29. The average Bonchev–Trinajstić information content (AvgIpc) is 2.89. The Labute approximate surface area is 206 Å². The van der Waals surface area contributed by atoms with Crippen molar-refractivity contribution in [3.8, 4) is 11.5 Å². The smallest absolute Gasteiger partial charge is 0.253 e. The maximum absolute atomic E-state index is 12.6. The summed E-state index contributed by atoms with van der Waals surface area (Å²) in [5, 5.41) is 0.694. The van der Waals surface area contributed by atoms with Crippen molar-refractivity contribution in [2.45, 2.75) is 32.8 Å². The zero-order chi connectivity index (χ0) is 23.9. The van der Waals surface area contributed by atoms with Gasteiger partial charge in [-0.15, -0.1) is 0 Å². The summed E-state index contributed by atoms with van der Waals surface area (Å²) in [7, 11) is 1.62. The molecule has 0 aliphatic carbocycles. The molecule has 1 aliphatic rings. The summed E-state index contributed by atoms with van der Waals surface area (Å²) in [5.74, 6) is 1.38. The molecule has 176 valence electrons. The molecular weight excluding hydrogens is 448 g/mol. The lowest BCUT2D eigenvalue weighted by Gasteiger charge is -2.26. The number of methoxy groups -OCH3 is 1. The molecule has 0 radical (unpaired) electrons. The van der Waals surface area contributed by atoms with Crippen LogP contribution in [0.3, 0.4) is 0 Å². The van der Waals surface area contributed by atoms with Crippen molar-refractivity contribution < 1.29 is 14.3 Å². The fraction of sp³-hybridized carbons (Fsp3) is 0.286. The number of piperidine rings is 1. The first-order valence-corrected chi connectivity index (χ1v) is 11.9. The molecule has 3 aromatic carbocycles. The molecule has 4 rings (SSSR count). The van der Waals surface area contributed by atoms with E-state index in [-0.39, 0.29) is 5.91 Å². The van der Waals surface area contributed by atoms with E-state index < -0.39 is 0 Å². The van der Waals surface area contributed by atoms with Crippen LogP contribution in [0.25, 0.3) is 0 Å². The van der Waals surface area contributed by atoms with Crippen molar-refractivity contribution in [1.29, 1.82) is 0 Å². The molecule has 0 N–H and O–H groups in total.